The molecule has 1 saturated heterocycles. The number of hydrogen-bond acceptors (Lipinski definition) is 3. The molecule has 0 aromatic carbocycles. The predicted molar refractivity (Wildman–Crippen MR) is 72.4 cm³/mol. The van der Waals surface area contributed by atoms with E-state index in [1.165, 1.54) is 0 Å². The number of aliphatic hydroxyl groups is 1. The van der Waals surface area contributed by atoms with Crippen LogP contribution in [0, 0.1) is 11.8 Å². The van der Waals surface area contributed by atoms with Crippen LogP contribution in [0.2, 0.25) is 0 Å². The standard InChI is InChI=1S/C13H25N3O3/c1-3-9(2)11(15-13(14)19)12(18)16-6-4-10(8-16)5-7-17/h9-11,17H,3-8H2,1-2H3,(H3,14,15,19). The largest absolute Gasteiger partial charge is 0.396 e. The molecule has 0 bridgehead atoms. The second-order valence-electron chi connectivity index (χ2n) is 5.32. The number of nitrogens with two attached hydrogens (primary N) is 1. The van der Waals surface area contributed by atoms with E-state index in [2.05, 4.69) is 5.32 Å². The van der Waals surface area contributed by atoms with E-state index >= 15 is 0 Å². The monoisotopic (exact) mass is 271 g/mol. The predicted octanol–water partition coefficient (Wildman–Crippen LogP) is 0.300. The Hall–Kier alpha value is -1.30. The number of likely N-dealkylation sites (tertiary alicyclic amines) is 1. The number of hydrogen-bond donors (Lipinski definition) is 3. The van der Waals surface area contributed by atoms with Gasteiger partial charge < -0.3 is 21.1 Å². The zero-order chi connectivity index (χ0) is 14.4. The minimum Gasteiger partial charge on any atom is -0.396 e. The van der Waals surface area contributed by atoms with Crippen molar-refractivity contribution in [3.05, 3.63) is 0 Å². The first-order valence-electron chi connectivity index (χ1n) is 6.95. The lowest BCUT2D eigenvalue weighted by Crippen LogP contribution is -2.52. The zero-order valence-corrected chi connectivity index (χ0v) is 11.8. The van der Waals surface area contributed by atoms with Gasteiger partial charge in [-0.05, 0) is 24.7 Å². The van der Waals surface area contributed by atoms with E-state index in [-0.39, 0.29) is 18.4 Å². The molecular weight excluding hydrogens is 246 g/mol. The minimum absolute atomic E-state index is 0.0527. The number of aliphatic hydroxyl groups excluding tert-OH is 1. The fraction of sp³-hybridized carbons (Fsp3) is 0.846. The van der Waals surface area contributed by atoms with Crippen molar-refractivity contribution in [2.45, 2.75) is 39.2 Å². The van der Waals surface area contributed by atoms with E-state index in [4.69, 9.17) is 10.8 Å². The van der Waals surface area contributed by atoms with Crippen LogP contribution in [0.4, 0.5) is 4.79 Å². The van der Waals surface area contributed by atoms with Gasteiger partial charge in [0, 0.05) is 19.7 Å². The summed E-state index contributed by atoms with van der Waals surface area (Å²) in [6, 6.07) is -1.21. The molecule has 110 valence electrons. The van der Waals surface area contributed by atoms with Crippen LogP contribution >= 0.6 is 0 Å². The third kappa shape index (κ3) is 4.38. The highest BCUT2D eigenvalue weighted by atomic mass is 16.3. The summed E-state index contributed by atoms with van der Waals surface area (Å²) in [5, 5.41) is 11.5. The lowest BCUT2D eigenvalue weighted by Gasteiger charge is -2.27. The van der Waals surface area contributed by atoms with E-state index in [1.807, 2.05) is 13.8 Å². The van der Waals surface area contributed by atoms with E-state index in [0.29, 0.717) is 19.0 Å². The molecule has 3 amide bonds. The Morgan fingerprint density at radius 2 is 2.21 bits per heavy atom. The van der Waals surface area contributed by atoms with E-state index < -0.39 is 12.1 Å². The molecule has 1 aliphatic rings. The minimum atomic E-state index is -0.662. The highest BCUT2D eigenvalue weighted by Crippen LogP contribution is 2.21. The van der Waals surface area contributed by atoms with Crippen LogP contribution in [0.5, 0.6) is 0 Å². The van der Waals surface area contributed by atoms with Gasteiger partial charge in [0.05, 0.1) is 0 Å². The van der Waals surface area contributed by atoms with Crippen molar-refractivity contribution in [2.75, 3.05) is 19.7 Å². The average Bonchev–Trinajstić information content (AvgIpc) is 2.83. The Morgan fingerprint density at radius 3 is 2.74 bits per heavy atom. The molecular formula is C13H25N3O3. The summed E-state index contributed by atoms with van der Waals surface area (Å²) >= 11 is 0. The van der Waals surface area contributed by atoms with E-state index in [1.54, 1.807) is 4.90 Å². The zero-order valence-electron chi connectivity index (χ0n) is 11.8. The first kappa shape index (κ1) is 15.8. The topological polar surface area (TPSA) is 95.7 Å². The van der Waals surface area contributed by atoms with Crippen molar-refractivity contribution in [3.8, 4) is 0 Å². The Balaban J connectivity index is 2.64. The van der Waals surface area contributed by atoms with Crippen molar-refractivity contribution in [1.82, 2.24) is 10.2 Å². The fourth-order valence-electron chi connectivity index (χ4n) is 2.48. The molecule has 1 heterocycles. The van der Waals surface area contributed by atoms with Crippen molar-refractivity contribution >= 4 is 11.9 Å². The number of nitrogens with zero attached hydrogens (tertiary/aromatic N) is 1. The van der Waals surface area contributed by atoms with Crippen LogP contribution in [0.25, 0.3) is 0 Å². The molecule has 0 aromatic rings. The SMILES string of the molecule is CCC(C)C(NC(N)=O)C(=O)N1CCC(CCO)C1. The van der Waals surface area contributed by atoms with Crippen LogP contribution < -0.4 is 11.1 Å². The average molecular weight is 271 g/mol. The number of carbonyl (C=O) groups is 2. The third-order valence-corrected chi connectivity index (χ3v) is 3.91. The van der Waals surface area contributed by atoms with E-state index in [9.17, 15) is 9.59 Å². The van der Waals surface area contributed by atoms with Gasteiger partial charge in [0.2, 0.25) is 5.91 Å². The second-order valence-corrected chi connectivity index (χ2v) is 5.32. The summed E-state index contributed by atoms with van der Waals surface area (Å²) in [5.41, 5.74) is 5.14. The van der Waals surface area contributed by atoms with Gasteiger partial charge in [-0.1, -0.05) is 20.3 Å². The van der Waals surface area contributed by atoms with Gasteiger partial charge in [-0.3, -0.25) is 4.79 Å². The molecule has 1 rings (SSSR count). The third-order valence-electron chi connectivity index (χ3n) is 3.91. The van der Waals surface area contributed by atoms with Gasteiger partial charge >= 0.3 is 6.03 Å². The van der Waals surface area contributed by atoms with E-state index in [0.717, 1.165) is 19.3 Å². The lowest BCUT2D eigenvalue weighted by atomic mass is 9.98. The summed E-state index contributed by atoms with van der Waals surface area (Å²) in [6.07, 6.45) is 2.43. The molecule has 6 heteroatoms. The normalized spacial score (nSPS) is 22.1. The van der Waals surface area contributed by atoms with Crippen LogP contribution in [-0.2, 0) is 4.79 Å². The summed E-state index contributed by atoms with van der Waals surface area (Å²) in [5.74, 6) is 0.352. The van der Waals surface area contributed by atoms with Crippen LogP contribution in [0.1, 0.15) is 33.1 Å². The maximum atomic E-state index is 12.4. The summed E-state index contributed by atoms with van der Waals surface area (Å²) in [7, 11) is 0. The number of amides is 3. The molecule has 6 nitrogen and oxygen atoms in total. The maximum Gasteiger partial charge on any atom is 0.312 e. The van der Waals surface area contributed by atoms with Crippen molar-refractivity contribution in [1.29, 1.82) is 0 Å². The Kier molecular flexibility index (Phi) is 6.08. The number of urea groups is 1. The lowest BCUT2D eigenvalue weighted by molar-refractivity contribution is -0.133. The van der Waals surface area contributed by atoms with Crippen molar-refractivity contribution in [3.63, 3.8) is 0 Å². The molecule has 1 aliphatic heterocycles. The van der Waals surface area contributed by atoms with Crippen molar-refractivity contribution < 1.29 is 14.7 Å². The molecule has 0 radical (unpaired) electrons. The van der Waals surface area contributed by atoms with Crippen LogP contribution in [-0.4, -0.2) is 47.7 Å². The Bertz CT molecular complexity index is 322. The van der Waals surface area contributed by atoms with Crippen LogP contribution in [0.3, 0.4) is 0 Å². The van der Waals surface area contributed by atoms with Gasteiger partial charge in [-0.25, -0.2) is 4.79 Å². The summed E-state index contributed by atoms with van der Waals surface area (Å²) < 4.78 is 0. The molecule has 4 N–H and O–H groups in total. The van der Waals surface area contributed by atoms with Gasteiger partial charge in [-0.2, -0.15) is 0 Å². The maximum absolute atomic E-state index is 12.4. The van der Waals surface area contributed by atoms with Gasteiger partial charge in [0.15, 0.2) is 0 Å². The smallest absolute Gasteiger partial charge is 0.312 e. The molecule has 3 unspecified atom stereocenters. The number of primary amides is 1. The highest BCUT2D eigenvalue weighted by molar-refractivity contribution is 5.87. The summed E-state index contributed by atoms with van der Waals surface area (Å²) in [4.78, 5) is 25.2. The Morgan fingerprint density at radius 1 is 1.53 bits per heavy atom. The quantitative estimate of drug-likeness (QED) is 0.648. The molecule has 0 saturated carbocycles. The Labute approximate surface area is 114 Å². The first-order chi connectivity index (χ1) is 8.99. The molecule has 0 aliphatic carbocycles. The molecule has 19 heavy (non-hydrogen) atoms. The molecule has 0 spiro atoms. The highest BCUT2D eigenvalue weighted by Gasteiger charge is 2.33. The first-order valence-corrected chi connectivity index (χ1v) is 6.95. The van der Waals surface area contributed by atoms with Gasteiger partial charge in [0.25, 0.3) is 0 Å². The van der Waals surface area contributed by atoms with Gasteiger partial charge in [-0.15, -0.1) is 0 Å². The molecule has 0 aromatic heterocycles. The molecule has 3 atom stereocenters. The summed E-state index contributed by atoms with van der Waals surface area (Å²) in [6.45, 7) is 5.41. The number of nitrogens with one attached hydrogen (secondary N) is 1. The van der Waals surface area contributed by atoms with Crippen LogP contribution in [0.15, 0.2) is 0 Å². The number of carbonyl (C=O) groups excluding carboxylic acids is 2. The second kappa shape index (κ2) is 7.33. The molecule has 1 fully saturated rings. The fourth-order valence-corrected chi connectivity index (χ4v) is 2.48. The van der Waals surface area contributed by atoms with Crippen molar-refractivity contribution in [2.24, 2.45) is 17.6 Å². The number of rotatable bonds is 6. The van der Waals surface area contributed by atoms with Gasteiger partial charge in [0.1, 0.15) is 6.04 Å².